The normalized spacial score (nSPS) is 13.5. The first-order valence-corrected chi connectivity index (χ1v) is 9.22. The molecule has 2 aromatic rings. The van der Waals surface area contributed by atoms with Gasteiger partial charge in [-0.15, -0.1) is 0 Å². The summed E-state index contributed by atoms with van der Waals surface area (Å²) in [6, 6.07) is 19.0. The molecule has 0 atom stereocenters. The predicted octanol–water partition coefficient (Wildman–Crippen LogP) is 5.85. The first-order valence-electron chi connectivity index (χ1n) is 9.22. The second kappa shape index (κ2) is 9.04. The van der Waals surface area contributed by atoms with Gasteiger partial charge in [0.1, 0.15) is 0 Å². The summed E-state index contributed by atoms with van der Waals surface area (Å²) in [4.78, 5) is 4.68. The molecule has 0 unspecified atom stereocenters. The van der Waals surface area contributed by atoms with Crippen LogP contribution in [-0.2, 0) is 13.0 Å². The van der Waals surface area contributed by atoms with E-state index in [2.05, 4.69) is 72.3 Å². The molecule has 0 N–H and O–H groups in total. The van der Waals surface area contributed by atoms with Gasteiger partial charge in [0.25, 0.3) is 0 Å². The number of allylic oxidation sites excluding steroid dienone is 2. The van der Waals surface area contributed by atoms with Gasteiger partial charge in [-0.1, -0.05) is 79.8 Å². The van der Waals surface area contributed by atoms with E-state index in [9.17, 15) is 0 Å². The Labute approximate surface area is 151 Å². The van der Waals surface area contributed by atoms with Crippen molar-refractivity contribution in [2.45, 2.75) is 45.6 Å². The molecule has 0 amide bonds. The number of aryl methyl sites for hydroxylation is 1. The molecule has 0 bridgehead atoms. The molecule has 1 aliphatic rings. The Morgan fingerprint density at radius 3 is 2.64 bits per heavy atom. The van der Waals surface area contributed by atoms with Crippen molar-refractivity contribution in [3.63, 3.8) is 0 Å². The van der Waals surface area contributed by atoms with Gasteiger partial charge in [-0.3, -0.25) is 4.99 Å². The van der Waals surface area contributed by atoms with Crippen molar-refractivity contribution in [3.8, 4) is 11.8 Å². The lowest BCUT2D eigenvalue weighted by Crippen LogP contribution is -2.05. The molecule has 0 spiro atoms. The summed E-state index contributed by atoms with van der Waals surface area (Å²) in [5, 5.41) is 0. The van der Waals surface area contributed by atoms with Gasteiger partial charge < -0.3 is 0 Å². The van der Waals surface area contributed by atoms with Crippen LogP contribution in [0.5, 0.6) is 0 Å². The molecule has 25 heavy (non-hydrogen) atoms. The first kappa shape index (κ1) is 17.2. The Balaban J connectivity index is 1.85. The van der Waals surface area contributed by atoms with Crippen LogP contribution in [0, 0.1) is 11.8 Å². The molecule has 0 saturated carbocycles. The monoisotopic (exact) mass is 327 g/mol. The molecule has 0 saturated heterocycles. The zero-order valence-electron chi connectivity index (χ0n) is 15.0. The molecule has 2 aromatic carbocycles. The van der Waals surface area contributed by atoms with Crippen LogP contribution in [-0.4, -0.2) is 6.21 Å². The summed E-state index contributed by atoms with van der Waals surface area (Å²) in [6.45, 7) is 2.93. The van der Waals surface area contributed by atoms with E-state index in [1.807, 2.05) is 12.3 Å². The van der Waals surface area contributed by atoms with E-state index in [1.54, 1.807) is 0 Å². The van der Waals surface area contributed by atoms with Crippen LogP contribution in [0.15, 0.2) is 65.2 Å². The van der Waals surface area contributed by atoms with Crippen LogP contribution in [0.25, 0.3) is 5.57 Å². The average Bonchev–Trinajstić information content (AvgIpc) is 2.67. The topological polar surface area (TPSA) is 12.4 Å². The Bertz CT molecular complexity index is 816. The summed E-state index contributed by atoms with van der Waals surface area (Å²) in [6.07, 6.45) is 7.47. The number of nitrogens with zero attached hydrogens (tertiary/aromatic N) is 1. The summed E-state index contributed by atoms with van der Waals surface area (Å²) >= 11 is 0. The number of hydrogen-bond donors (Lipinski definition) is 0. The second-order valence-corrected chi connectivity index (χ2v) is 6.42. The third kappa shape index (κ3) is 4.70. The van der Waals surface area contributed by atoms with Gasteiger partial charge in [0, 0.05) is 18.2 Å². The van der Waals surface area contributed by atoms with Crippen molar-refractivity contribution >= 4 is 11.8 Å². The lowest BCUT2D eigenvalue weighted by atomic mass is 9.86. The van der Waals surface area contributed by atoms with Crippen LogP contribution >= 0.6 is 0 Å². The summed E-state index contributed by atoms with van der Waals surface area (Å²) in [5.74, 6) is 6.82. The molecule has 0 heterocycles. The standard InChI is InChI=1S/C24H25N/c1-2-3-4-8-14-24-22(17-16-21-13-9-10-15-23(21)24)19-25-18-20-11-6-5-7-12-20/h5-7,9-13,15,19H,2-4,16-18H2,1H3. The van der Waals surface area contributed by atoms with Crippen molar-refractivity contribution < 1.29 is 0 Å². The first-order chi connectivity index (χ1) is 12.4. The van der Waals surface area contributed by atoms with Gasteiger partial charge >= 0.3 is 0 Å². The van der Waals surface area contributed by atoms with E-state index >= 15 is 0 Å². The Morgan fingerprint density at radius 2 is 1.80 bits per heavy atom. The van der Waals surface area contributed by atoms with Gasteiger partial charge in [0.05, 0.1) is 6.54 Å². The van der Waals surface area contributed by atoms with Crippen molar-refractivity contribution in [1.29, 1.82) is 0 Å². The van der Waals surface area contributed by atoms with E-state index in [1.165, 1.54) is 40.7 Å². The fourth-order valence-electron chi connectivity index (χ4n) is 3.09. The Kier molecular flexibility index (Phi) is 6.23. The predicted molar refractivity (Wildman–Crippen MR) is 108 cm³/mol. The Hall–Kier alpha value is -2.59. The molecule has 0 fully saturated rings. The highest BCUT2D eigenvalue weighted by molar-refractivity contribution is 5.98. The molecular weight excluding hydrogens is 302 g/mol. The van der Waals surface area contributed by atoms with Gasteiger partial charge in [-0.25, -0.2) is 0 Å². The van der Waals surface area contributed by atoms with Gasteiger partial charge in [0.2, 0.25) is 0 Å². The van der Waals surface area contributed by atoms with E-state index < -0.39 is 0 Å². The molecule has 1 heteroatoms. The summed E-state index contributed by atoms with van der Waals surface area (Å²) < 4.78 is 0. The molecule has 1 nitrogen and oxygen atoms in total. The van der Waals surface area contributed by atoms with Gasteiger partial charge in [-0.05, 0) is 41.5 Å². The number of benzene rings is 2. The molecule has 1 aliphatic carbocycles. The van der Waals surface area contributed by atoms with Crippen molar-refractivity contribution in [2.75, 3.05) is 0 Å². The maximum Gasteiger partial charge on any atom is 0.0639 e. The fraction of sp³-hybridized carbons (Fsp3) is 0.292. The fourth-order valence-corrected chi connectivity index (χ4v) is 3.09. The van der Waals surface area contributed by atoms with E-state index in [0.29, 0.717) is 0 Å². The molecule has 0 aromatic heterocycles. The van der Waals surface area contributed by atoms with E-state index in [0.717, 1.165) is 25.8 Å². The van der Waals surface area contributed by atoms with Gasteiger partial charge in [0.15, 0.2) is 0 Å². The van der Waals surface area contributed by atoms with E-state index in [-0.39, 0.29) is 0 Å². The van der Waals surface area contributed by atoms with Crippen molar-refractivity contribution in [2.24, 2.45) is 4.99 Å². The third-order valence-corrected chi connectivity index (χ3v) is 4.50. The number of fused-ring (bicyclic) bond motifs is 1. The highest BCUT2D eigenvalue weighted by Crippen LogP contribution is 2.30. The van der Waals surface area contributed by atoms with E-state index in [4.69, 9.17) is 0 Å². The van der Waals surface area contributed by atoms with Crippen LogP contribution in [0.3, 0.4) is 0 Å². The molecule has 126 valence electrons. The smallest absolute Gasteiger partial charge is 0.0639 e. The minimum absolute atomic E-state index is 0.725. The molecule has 3 rings (SSSR count). The summed E-state index contributed by atoms with van der Waals surface area (Å²) in [7, 11) is 0. The highest BCUT2D eigenvalue weighted by atomic mass is 14.7. The lowest BCUT2D eigenvalue weighted by Gasteiger charge is -2.18. The zero-order chi connectivity index (χ0) is 17.3. The minimum Gasteiger partial charge on any atom is -0.288 e. The minimum atomic E-state index is 0.725. The summed E-state index contributed by atoms with van der Waals surface area (Å²) in [5.41, 5.74) is 6.39. The maximum atomic E-state index is 4.68. The third-order valence-electron chi connectivity index (χ3n) is 4.50. The van der Waals surface area contributed by atoms with Crippen LogP contribution in [0.2, 0.25) is 0 Å². The van der Waals surface area contributed by atoms with Gasteiger partial charge in [-0.2, -0.15) is 0 Å². The van der Waals surface area contributed by atoms with Crippen molar-refractivity contribution in [1.82, 2.24) is 0 Å². The Morgan fingerprint density at radius 1 is 1.00 bits per heavy atom. The van der Waals surface area contributed by atoms with Crippen LogP contribution < -0.4 is 0 Å². The lowest BCUT2D eigenvalue weighted by molar-refractivity contribution is 0.828. The average molecular weight is 327 g/mol. The van der Waals surface area contributed by atoms with Crippen LogP contribution in [0.1, 0.15) is 49.3 Å². The maximum absolute atomic E-state index is 4.68. The number of rotatable bonds is 5. The molecular formula is C24H25N. The molecule has 0 radical (unpaired) electrons. The number of hydrogen-bond acceptors (Lipinski definition) is 1. The highest BCUT2D eigenvalue weighted by Gasteiger charge is 2.16. The zero-order valence-corrected chi connectivity index (χ0v) is 15.0. The second-order valence-electron chi connectivity index (χ2n) is 6.42. The van der Waals surface area contributed by atoms with Crippen LogP contribution in [0.4, 0.5) is 0 Å². The largest absolute Gasteiger partial charge is 0.288 e. The number of aliphatic imine (C=N–C) groups is 1. The quantitative estimate of drug-likeness (QED) is 0.371. The molecule has 0 aliphatic heterocycles. The number of unbranched alkanes of at least 4 members (excludes halogenated alkanes) is 2. The SMILES string of the molecule is CCCCC#CC1=C(C=NCc2ccccc2)CCc2ccccc21. The van der Waals surface area contributed by atoms with Crippen molar-refractivity contribution in [3.05, 3.63) is 76.9 Å².